The van der Waals surface area contributed by atoms with Crippen LogP contribution in [-0.4, -0.2) is 20.5 Å². The summed E-state index contributed by atoms with van der Waals surface area (Å²) in [5.74, 6) is 0.349. The molecule has 0 aliphatic carbocycles. The molecule has 1 aromatic carbocycles. The zero-order chi connectivity index (χ0) is 14.7. The molecule has 1 unspecified atom stereocenters. The molecular weight excluding hydrogens is 284 g/mol. The average Bonchev–Trinajstić information content (AvgIpc) is 2.27. The van der Waals surface area contributed by atoms with Crippen LogP contribution in [0.25, 0.3) is 0 Å². The Bertz CT molecular complexity index is 514. The average molecular weight is 305 g/mol. The first-order chi connectivity index (χ1) is 8.68. The third kappa shape index (κ3) is 4.76. The van der Waals surface area contributed by atoms with E-state index in [-0.39, 0.29) is 11.4 Å². The Kier molecular flexibility index (Phi) is 5.38. The third-order valence-electron chi connectivity index (χ3n) is 2.81. The number of hydrogen-bond donors (Lipinski definition) is 2. The molecule has 0 saturated heterocycles. The number of sulfonamides is 1. The van der Waals surface area contributed by atoms with Gasteiger partial charge >= 0.3 is 0 Å². The lowest BCUT2D eigenvalue weighted by molar-refractivity contribution is 0.344. The van der Waals surface area contributed by atoms with E-state index in [0.717, 1.165) is 0 Å². The van der Waals surface area contributed by atoms with E-state index in [1.54, 1.807) is 12.1 Å². The van der Waals surface area contributed by atoms with Gasteiger partial charge in [-0.15, -0.1) is 0 Å². The summed E-state index contributed by atoms with van der Waals surface area (Å²) in [6.07, 6.45) is 0.677. The number of nitrogens with two attached hydrogens (primary N) is 1. The summed E-state index contributed by atoms with van der Waals surface area (Å²) in [6, 6.07) is 6.07. The largest absolute Gasteiger partial charge is 0.329 e. The summed E-state index contributed by atoms with van der Waals surface area (Å²) in [5, 5.41) is 0.503. The van der Waals surface area contributed by atoms with Gasteiger partial charge in [0.05, 0.1) is 4.90 Å². The molecule has 0 aliphatic heterocycles. The van der Waals surface area contributed by atoms with Crippen LogP contribution in [0.2, 0.25) is 5.02 Å². The zero-order valence-electron chi connectivity index (χ0n) is 11.5. The van der Waals surface area contributed by atoms with Crippen LogP contribution in [0.1, 0.15) is 27.2 Å². The van der Waals surface area contributed by atoms with Crippen molar-refractivity contribution in [2.45, 2.75) is 37.6 Å². The molecule has 0 aliphatic rings. The van der Waals surface area contributed by atoms with E-state index in [2.05, 4.69) is 4.72 Å². The highest BCUT2D eigenvalue weighted by Gasteiger charge is 2.30. The van der Waals surface area contributed by atoms with E-state index in [0.29, 0.717) is 17.4 Å². The molecule has 1 rings (SSSR count). The van der Waals surface area contributed by atoms with Crippen molar-refractivity contribution in [2.75, 3.05) is 6.54 Å². The molecule has 0 aromatic heterocycles. The van der Waals surface area contributed by atoms with Gasteiger partial charge in [0.2, 0.25) is 10.0 Å². The maximum atomic E-state index is 12.3. The van der Waals surface area contributed by atoms with Crippen molar-refractivity contribution in [3.05, 3.63) is 29.3 Å². The maximum absolute atomic E-state index is 12.3. The second-order valence-electron chi connectivity index (χ2n) is 5.42. The fourth-order valence-electron chi connectivity index (χ4n) is 2.06. The van der Waals surface area contributed by atoms with Crippen molar-refractivity contribution in [1.82, 2.24) is 4.72 Å². The minimum Gasteiger partial charge on any atom is -0.329 e. The molecule has 0 amide bonds. The van der Waals surface area contributed by atoms with Gasteiger partial charge in [0.15, 0.2) is 0 Å². The second kappa shape index (κ2) is 6.22. The van der Waals surface area contributed by atoms with Crippen LogP contribution in [0.4, 0.5) is 0 Å². The van der Waals surface area contributed by atoms with E-state index < -0.39 is 15.6 Å². The number of benzene rings is 1. The molecule has 19 heavy (non-hydrogen) atoms. The Hall–Kier alpha value is -0.620. The molecule has 6 heteroatoms. The lowest BCUT2D eigenvalue weighted by Crippen LogP contribution is -2.51. The first kappa shape index (κ1) is 16.4. The number of rotatable bonds is 6. The lowest BCUT2D eigenvalue weighted by Gasteiger charge is -2.30. The normalized spacial score (nSPS) is 15.5. The van der Waals surface area contributed by atoms with E-state index >= 15 is 0 Å². The van der Waals surface area contributed by atoms with Gasteiger partial charge in [-0.3, -0.25) is 0 Å². The summed E-state index contributed by atoms with van der Waals surface area (Å²) < 4.78 is 27.3. The van der Waals surface area contributed by atoms with Crippen LogP contribution < -0.4 is 10.5 Å². The van der Waals surface area contributed by atoms with Gasteiger partial charge in [0.25, 0.3) is 0 Å². The quantitative estimate of drug-likeness (QED) is 0.847. The van der Waals surface area contributed by atoms with E-state index in [1.807, 2.05) is 20.8 Å². The van der Waals surface area contributed by atoms with Crippen molar-refractivity contribution < 1.29 is 8.42 Å². The minimum absolute atomic E-state index is 0.195. The van der Waals surface area contributed by atoms with Crippen LogP contribution in [0.15, 0.2) is 29.2 Å². The summed E-state index contributed by atoms with van der Waals surface area (Å²) >= 11 is 5.76. The van der Waals surface area contributed by atoms with Crippen LogP contribution in [-0.2, 0) is 10.0 Å². The molecule has 3 N–H and O–H groups in total. The fraction of sp³-hybridized carbons (Fsp3) is 0.538. The van der Waals surface area contributed by atoms with Crippen molar-refractivity contribution in [2.24, 2.45) is 11.7 Å². The van der Waals surface area contributed by atoms with Gasteiger partial charge in [-0.2, -0.15) is 0 Å². The van der Waals surface area contributed by atoms with Crippen molar-refractivity contribution >= 4 is 21.6 Å². The Morgan fingerprint density at radius 1 is 1.32 bits per heavy atom. The van der Waals surface area contributed by atoms with Gasteiger partial charge in [-0.25, -0.2) is 13.1 Å². The fourth-order valence-corrected chi connectivity index (χ4v) is 3.62. The summed E-state index contributed by atoms with van der Waals surface area (Å²) in [7, 11) is -3.58. The highest BCUT2D eigenvalue weighted by molar-refractivity contribution is 7.89. The van der Waals surface area contributed by atoms with Crippen molar-refractivity contribution in [3.63, 3.8) is 0 Å². The molecular formula is C13H21ClN2O2S. The van der Waals surface area contributed by atoms with Gasteiger partial charge < -0.3 is 5.73 Å². The smallest absolute Gasteiger partial charge is 0.241 e. The number of halogens is 1. The Morgan fingerprint density at radius 3 is 2.26 bits per heavy atom. The predicted octanol–water partition coefficient (Wildman–Crippen LogP) is 2.38. The molecule has 1 aromatic rings. The molecule has 0 heterocycles. The lowest BCUT2D eigenvalue weighted by atomic mass is 9.92. The van der Waals surface area contributed by atoms with Crippen LogP contribution in [0.5, 0.6) is 0 Å². The highest BCUT2D eigenvalue weighted by Crippen LogP contribution is 2.20. The number of nitrogens with one attached hydrogen (secondary N) is 1. The van der Waals surface area contributed by atoms with Crippen molar-refractivity contribution in [3.8, 4) is 0 Å². The predicted molar refractivity (Wildman–Crippen MR) is 78.7 cm³/mol. The van der Waals surface area contributed by atoms with Gasteiger partial charge in [-0.1, -0.05) is 25.4 Å². The molecule has 0 bridgehead atoms. The Labute approximate surface area is 120 Å². The molecule has 0 radical (unpaired) electrons. The van der Waals surface area contributed by atoms with Gasteiger partial charge in [0.1, 0.15) is 0 Å². The molecule has 0 spiro atoms. The van der Waals surface area contributed by atoms with Crippen LogP contribution in [0.3, 0.4) is 0 Å². The second-order valence-corrected chi connectivity index (χ2v) is 7.54. The monoisotopic (exact) mass is 304 g/mol. The third-order valence-corrected chi connectivity index (χ3v) is 4.72. The summed E-state index contributed by atoms with van der Waals surface area (Å²) in [6.45, 7) is 6.13. The first-order valence-corrected chi connectivity index (χ1v) is 8.04. The first-order valence-electron chi connectivity index (χ1n) is 6.18. The van der Waals surface area contributed by atoms with Crippen molar-refractivity contribution in [1.29, 1.82) is 0 Å². The summed E-state index contributed by atoms with van der Waals surface area (Å²) in [4.78, 5) is 0.195. The van der Waals surface area contributed by atoms with Crippen LogP contribution in [0, 0.1) is 5.92 Å². The maximum Gasteiger partial charge on any atom is 0.241 e. The molecule has 0 fully saturated rings. The summed E-state index contributed by atoms with van der Waals surface area (Å²) in [5.41, 5.74) is 5.07. The minimum atomic E-state index is -3.58. The topological polar surface area (TPSA) is 72.2 Å². The van der Waals surface area contributed by atoms with E-state index in [9.17, 15) is 8.42 Å². The molecule has 4 nitrogen and oxygen atoms in total. The standard InChI is InChI=1S/C13H21ClN2O2S/c1-10(2)8-13(3,9-15)16-19(17,18)12-6-4-11(14)5-7-12/h4-7,10,16H,8-9,15H2,1-3H3. The van der Waals surface area contributed by atoms with Gasteiger partial charge in [0, 0.05) is 17.1 Å². The molecule has 108 valence electrons. The van der Waals surface area contributed by atoms with Crippen LogP contribution >= 0.6 is 11.6 Å². The highest BCUT2D eigenvalue weighted by atomic mass is 35.5. The van der Waals surface area contributed by atoms with E-state index in [4.69, 9.17) is 17.3 Å². The van der Waals surface area contributed by atoms with Gasteiger partial charge in [-0.05, 0) is 43.5 Å². The molecule has 1 atom stereocenters. The SMILES string of the molecule is CC(C)CC(C)(CN)NS(=O)(=O)c1ccc(Cl)cc1. The zero-order valence-corrected chi connectivity index (χ0v) is 13.1. The Morgan fingerprint density at radius 2 is 1.84 bits per heavy atom. The Balaban J connectivity index is 2.98. The number of hydrogen-bond acceptors (Lipinski definition) is 3. The molecule has 0 saturated carbocycles. The van der Waals surface area contributed by atoms with E-state index in [1.165, 1.54) is 12.1 Å².